The van der Waals surface area contributed by atoms with Crippen LogP contribution in [0.15, 0.2) is 36.4 Å². The van der Waals surface area contributed by atoms with Gasteiger partial charge in [0.15, 0.2) is 0 Å². The predicted octanol–water partition coefficient (Wildman–Crippen LogP) is 3.67. The summed E-state index contributed by atoms with van der Waals surface area (Å²) in [6.45, 7) is 4.76. The minimum atomic E-state index is -0.472. The number of carbonyl (C=O) groups excluding carboxylic acids is 1. The van der Waals surface area contributed by atoms with Crippen molar-refractivity contribution >= 4 is 23.2 Å². The number of benzene rings is 2. The second-order valence-electron chi connectivity index (χ2n) is 4.82. The number of halogens is 1. The highest BCUT2D eigenvalue weighted by Crippen LogP contribution is 2.20. The van der Waals surface area contributed by atoms with Crippen LogP contribution in [-0.4, -0.2) is 5.91 Å². The number of nitrogens with two attached hydrogens (primary N) is 1. The number of nitrogens with one attached hydrogen (secondary N) is 1. The molecule has 0 fully saturated rings. The summed E-state index contributed by atoms with van der Waals surface area (Å²) < 4.78 is 0. The summed E-state index contributed by atoms with van der Waals surface area (Å²) in [6.07, 6.45) is 0. The maximum atomic E-state index is 11.1. The van der Waals surface area contributed by atoms with Crippen LogP contribution in [0.3, 0.4) is 0 Å². The van der Waals surface area contributed by atoms with Gasteiger partial charge in [0.2, 0.25) is 5.91 Å². The van der Waals surface area contributed by atoms with Gasteiger partial charge in [-0.05, 0) is 54.8 Å². The van der Waals surface area contributed by atoms with Gasteiger partial charge in [0.25, 0.3) is 0 Å². The van der Waals surface area contributed by atoms with E-state index in [-0.39, 0.29) is 0 Å². The minimum Gasteiger partial charge on any atom is -0.381 e. The van der Waals surface area contributed by atoms with Crippen LogP contribution in [0.5, 0.6) is 0 Å². The molecule has 0 aliphatic heterocycles. The zero-order valence-electron chi connectivity index (χ0n) is 11.5. The molecule has 0 atom stereocenters. The Labute approximate surface area is 123 Å². The van der Waals surface area contributed by atoms with Crippen LogP contribution in [0, 0.1) is 13.8 Å². The molecule has 0 bridgehead atoms. The normalized spacial score (nSPS) is 10.3. The average molecular weight is 289 g/mol. The Hall–Kier alpha value is -2.00. The van der Waals surface area contributed by atoms with Crippen LogP contribution in [0.4, 0.5) is 5.69 Å². The lowest BCUT2D eigenvalue weighted by atomic mass is 10.1. The van der Waals surface area contributed by atoms with E-state index in [1.165, 1.54) is 11.1 Å². The SMILES string of the molecule is Cc1ccc(NCc2ccc(C(N)=O)cc2Cl)cc1C. The topological polar surface area (TPSA) is 55.1 Å². The first-order chi connectivity index (χ1) is 9.47. The van der Waals surface area contributed by atoms with E-state index >= 15 is 0 Å². The highest BCUT2D eigenvalue weighted by atomic mass is 35.5. The highest BCUT2D eigenvalue weighted by molar-refractivity contribution is 6.31. The monoisotopic (exact) mass is 288 g/mol. The van der Waals surface area contributed by atoms with Gasteiger partial charge in [-0.3, -0.25) is 4.79 Å². The summed E-state index contributed by atoms with van der Waals surface area (Å²) in [6, 6.07) is 11.3. The smallest absolute Gasteiger partial charge is 0.248 e. The molecule has 3 N–H and O–H groups in total. The molecular formula is C16H17ClN2O. The van der Waals surface area contributed by atoms with Crippen LogP contribution in [0.1, 0.15) is 27.0 Å². The number of carbonyl (C=O) groups is 1. The maximum Gasteiger partial charge on any atom is 0.248 e. The molecule has 0 aliphatic carbocycles. The summed E-state index contributed by atoms with van der Waals surface area (Å²) in [7, 11) is 0. The van der Waals surface area contributed by atoms with Gasteiger partial charge in [-0.1, -0.05) is 23.7 Å². The molecule has 0 aliphatic rings. The van der Waals surface area contributed by atoms with Crippen molar-refractivity contribution in [1.82, 2.24) is 0 Å². The largest absolute Gasteiger partial charge is 0.381 e. The standard InChI is InChI=1S/C16H17ClN2O/c1-10-3-6-14(7-11(10)2)19-9-13-5-4-12(16(18)20)8-15(13)17/h3-8,19H,9H2,1-2H3,(H2,18,20). The van der Waals surface area contributed by atoms with E-state index in [0.29, 0.717) is 17.1 Å². The Morgan fingerprint density at radius 2 is 1.90 bits per heavy atom. The lowest BCUT2D eigenvalue weighted by Crippen LogP contribution is -2.11. The molecule has 0 spiro atoms. The van der Waals surface area contributed by atoms with E-state index < -0.39 is 5.91 Å². The molecular weight excluding hydrogens is 272 g/mol. The van der Waals surface area contributed by atoms with Gasteiger partial charge in [0.05, 0.1) is 0 Å². The van der Waals surface area contributed by atoms with Crippen LogP contribution in [0.2, 0.25) is 5.02 Å². The highest BCUT2D eigenvalue weighted by Gasteiger charge is 2.05. The summed E-state index contributed by atoms with van der Waals surface area (Å²) >= 11 is 6.15. The zero-order valence-corrected chi connectivity index (χ0v) is 12.3. The van der Waals surface area contributed by atoms with Crippen molar-refractivity contribution in [3.05, 3.63) is 63.7 Å². The van der Waals surface area contributed by atoms with Crippen molar-refractivity contribution in [3.8, 4) is 0 Å². The first-order valence-electron chi connectivity index (χ1n) is 6.36. The molecule has 0 saturated carbocycles. The lowest BCUT2D eigenvalue weighted by Gasteiger charge is -2.10. The number of anilines is 1. The van der Waals surface area contributed by atoms with Crippen LogP contribution in [-0.2, 0) is 6.54 Å². The van der Waals surface area contributed by atoms with Crippen LogP contribution in [0.25, 0.3) is 0 Å². The molecule has 2 aromatic carbocycles. The van der Waals surface area contributed by atoms with E-state index in [9.17, 15) is 4.79 Å². The fourth-order valence-electron chi connectivity index (χ4n) is 1.89. The van der Waals surface area contributed by atoms with E-state index in [4.69, 9.17) is 17.3 Å². The van der Waals surface area contributed by atoms with Crippen LogP contribution < -0.4 is 11.1 Å². The summed E-state index contributed by atoms with van der Waals surface area (Å²) in [5, 5.41) is 3.86. The minimum absolute atomic E-state index is 0.421. The predicted molar refractivity (Wildman–Crippen MR) is 83.2 cm³/mol. The third-order valence-electron chi connectivity index (χ3n) is 3.33. The second-order valence-corrected chi connectivity index (χ2v) is 5.23. The molecule has 0 heterocycles. The number of hydrogen-bond acceptors (Lipinski definition) is 2. The van der Waals surface area contributed by atoms with E-state index in [2.05, 4.69) is 31.3 Å². The molecule has 0 unspecified atom stereocenters. The first kappa shape index (κ1) is 14.4. The molecule has 0 aromatic heterocycles. The number of hydrogen-bond donors (Lipinski definition) is 2. The third-order valence-corrected chi connectivity index (χ3v) is 3.68. The Balaban J connectivity index is 2.10. The van der Waals surface area contributed by atoms with Gasteiger partial charge < -0.3 is 11.1 Å². The van der Waals surface area contributed by atoms with E-state index in [1.807, 2.05) is 12.1 Å². The third kappa shape index (κ3) is 3.31. The van der Waals surface area contributed by atoms with Crippen molar-refractivity contribution in [2.45, 2.75) is 20.4 Å². The number of rotatable bonds is 4. The fraction of sp³-hybridized carbons (Fsp3) is 0.188. The van der Waals surface area contributed by atoms with E-state index in [0.717, 1.165) is 11.3 Å². The second kappa shape index (κ2) is 5.97. The van der Waals surface area contributed by atoms with Crippen molar-refractivity contribution < 1.29 is 4.79 Å². The maximum absolute atomic E-state index is 11.1. The van der Waals surface area contributed by atoms with E-state index in [1.54, 1.807) is 12.1 Å². The summed E-state index contributed by atoms with van der Waals surface area (Å²) in [5.74, 6) is -0.472. The molecule has 3 nitrogen and oxygen atoms in total. The molecule has 0 radical (unpaired) electrons. The Morgan fingerprint density at radius 3 is 2.50 bits per heavy atom. The van der Waals surface area contributed by atoms with Gasteiger partial charge in [-0.15, -0.1) is 0 Å². The Kier molecular flexibility index (Phi) is 4.30. The Morgan fingerprint density at radius 1 is 1.15 bits per heavy atom. The molecule has 4 heteroatoms. The van der Waals surface area contributed by atoms with Gasteiger partial charge in [-0.2, -0.15) is 0 Å². The van der Waals surface area contributed by atoms with Crippen molar-refractivity contribution in [1.29, 1.82) is 0 Å². The molecule has 2 rings (SSSR count). The van der Waals surface area contributed by atoms with Crippen molar-refractivity contribution in [2.24, 2.45) is 5.73 Å². The number of amides is 1. The first-order valence-corrected chi connectivity index (χ1v) is 6.74. The van der Waals surface area contributed by atoms with Crippen LogP contribution >= 0.6 is 11.6 Å². The zero-order chi connectivity index (χ0) is 14.7. The molecule has 104 valence electrons. The average Bonchev–Trinajstić information content (AvgIpc) is 2.41. The summed E-state index contributed by atoms with van der Waals surface area (Å²) in [4.78, 5) is 11.1. The fourth-order valence-corrected chi connectivity index (χ4v) is 2.14. The van der Waals surface area contributed by atoms with Gasteiger partial charge in [-0.25, -0.2) is 0 Å². The molecule has 20 heavy (non-hydrogen) atoms. The molecule has 2 aromatic rings. The van der Waals surface area contributed by atoms with Crippen molar-refractivity contribution in [3.63, 3.8) is 0 Å². The Bertz CT molecular complexity index is 653. The van der Waals surface area contributed by atoms with Gasteiger partial charge in [0, 0.05) is 22.8 Å². The lowest BCUT2D eigenvalue weighted by molar-refractivity contribution is 0.100. The number of aryl methyl sites for hydroxylation is 2. The van der Waals surface area contributed by atoms with Gasteiger partial charge >= 0.3 is 0 Å². The van der Waals surface area contributed by atoms with Crippen molar-refractivity contribution in [2.75, 3.05) is 5.32 Å². The molecule has 1 amide bonds. The number of primary amides is 1. The summed E-state index contributed by atoms with van der Waals surface area (Å²) in [5.41, 5.74) is 10.1. The quantitative estimate of drug-likeness (QED) is 0.902. The van der Waals surface area contributed by atoms with Gasteiger partial charge in [0.1, 0.15) is 0 Å². The molecule has 0 saturated heterocycles.